The zero-order valence-electron chi connectivity index (χ0n) is 13.3. The molecule has 22 heavy (non-hydrogen) atoms. The molecule has 2 aromatic rings. The van der Waals surface area contributed by atoms with Gasteiger partial charge in [0.1, 0.15) is 0 Å². The molecule has 1 aromatic heterocycles. The van der Waals surface area contributed by atoms with Crippen LogP contribution in [0.4, 0.5) is 5.69 Å². The van der Waals surface area contributed by atoms with Gasteiger partial charge in [-0.25, -0.2) is 0 Å². The predicted octanol–water partition coefficient (Wildman–Crippen LogP) is 4.58. The third-order valence-electron chi connectivity index (χ3n) is 4.48. The summed E-state index contributed by atoms with van der Waals surface area (Å²) in [7, 11) is 0. The zero-order valence-corrected chi connectivity index (χ0v) is 14.1. The fourth-order valence-electron chi connectivity index (χ4n) is 3.31. The summed E-state index contributed by atoms with van der Waals surface area (Å²) >= 11 is 1.84. The topological polar surface area (TPSA) is 23.5 Å². The minimum Gasteiger partial charge on any atom is -0.388 e. The third kappa shape index (κ3) is 3.53. The fraction of sp³-hybridized carbons (Fsp3) is 0.474. The average molecular weight is 315 g/mol. The molecule has 1 aromatic carbocycles. The maximum absolute atomic E-state index is 10.1. The molecule has 1 atom stereocenters. The van der Waals surface area contributed by atoms with E-state index in [1.807, 2.05) is 11.3 Å². The van der Waals surface area contributed by atoms with E-state index in [1.54, 1.807) is 0 Å². The first-order valence-electron chi connectivity index (χ1n) is 8.36. The molecule has 0 aliphatic heterocycles. The molecule has 1 aliphatic rings. The minimum absolute atomic E-state index is 0.261. The number of aliphatic hydroxyl groups excluding tert-OH is 1. The van der Waals surface area contributed by atoms with Crippen LogP contribution in [-0.2, 0) is 12.8 Å². The lowest BCUT2D eigenvalue weighted by Crippen LogP contribution is -2.27. The van der Waals surface area contributed by atoms with Crippen LogP contribution in [-0.4, -0.2) is 18.2 Å². The van der Waals surface area contributed by atoms with Gasteiger partial charge < -0.3 is 10.0 Å². The summed E-state index contributed by atoms with van der Waals surface area (Å²) in [5.74, 6) is 0. The van der Waals surface area contributed by atoms with Crippen molar-refractivity contribution in [3.05, 3.63) is 51.7 Å². The molecular weight excluding hydrogens is 290 g/mol. The fourth-order valence-corrected chi connectivity index (χ4v) is 4.01. The van der Waals surface area contributed by atoms with Crippen molar-refractivity contribution in [2.45, 2.75) is 45.1 Å². The Kier molecular flexibility index (Phi) is 5.16. The van der Waals surface area contributed by atoms with Crippen molar-refractivity contribution in [2.24, 2.45) is 0 Å². The van der Waals surface area contributed by atoms with E-state index in [0.29, 0.717) is 0 Å². The first kappa shape index (κ1) is 15.6. The number of benzene rings is 1. The van der Waals surface area contributed by atoms with Crippen LogP contribution in [0.2, 0.25) is 0 Å². The SMILES string of the molecule is CCCN(CCc1cccs1)c1ccc2c(c1)CCCC2O. The number of thiophene rings is 1. The normalized spacial score (nSPS) is 17.3. The van der Waals surface area contributed by atoms with Gasteiger partial charge >= 0.3 is 0 Å². The largest absolute Gasteiger partial charge is 0.388 e. The third-order valence-corrected chi connectivity index (χ3v) is 5.41. The van der Waals surface area contributed by atoms with Gasteiger partial charge in [-0.2, -0.15) is 0 Å². The van der Waals surface area contributed by atoms with Crippen molar-refractivity contribution in [3.8, 4) is 0 Å². The summed E-state index contributed by atoms with van der Waals surface area (Å²) in [4.78, 5) is 3.94. The maximum Gasteiger partial charge on any atom is 0.0792 e. The van der Waals surface area contributed by atoms with E-state index in [0.717, 1.165) is 50.8 Å². The number of anilines is 1. The molecule has 0 radical (unpaired) electrons. The molecule has 0 spiro atoms. The molecule has 0 amide bonds. The Labute approximate surface area is 137 Å². The second-order valence-corrected chi connectivity index (χ2v) is 7.14. The number of hydrogen-bond donors (Lipinski definition) is 1. The summed E-state index contributed by atoms with van der Waals surface area (Å²) in [6.45, 7) is 4.39. The zero-order chi connectivity index (χ0) is 15.4. The van der Waals surface area contributed by atoms with Gasteiger partial charge in [0, 0.05) is 23.7 Å². The highest BCUT2D eigenvalue weighted by Gasteiger charge is 2.19. The van der Waals surface area contributed by atoms with E-state index in [-0.39, 0.29) is 6.10 Å². The molecular formula is C19H25NOS. The van der Waals surface area contributed by atoms with Crippen molar-refractivity contribution in [3.63, 3.8) is 0 Å². The molecule has 0 saturated carbocycles. The van der Waals surface area contributed by atoms with Crippen LogP contribution in [0.5, 0.6) is 0 Å². The van der Waals surface area contributed by atoms with Gasteiger partial charge in [0.25, 0.3) is 0 Å². The Balaban J connectivity index is 1.76. The van der Waals surface area contributed by atoms with Crippen LogP contribution in [0, 0.1) is 0 Å². The summed E-state index contributed by atoms with van der Waals surface area (Å²) < 4.78 is 0. The average Bonchev–Trinajstić information content (AvgIpc) is 3.05. The molecule has 1 aliphatic carbocycles. The summed E-state index contributed by atoms with van der Waals surface area (Å²) in [5, 5.41) is 12.3. The van der Waals surface area contributed by atoms with Gasteiger partial charge in [0.2, 0.25) is 0 Å². The first-order valence-corrected chi connectivity index (χ1v) is 9.24. The van der Waals surface area contributed by atoms with E-state index in [4.69, 9.17) is 0 Å². The van der Waals surface area contributed by atoms with E-state index in [9.17, 15) is 5.11 Å². The number of rotatable bonds is 6. The second-order valence-electron chi connectivity index (χ2n) is 6.11. The Hall–Kier alpha value is -1.32. The molecule has 118 valence electrons. The number of fused-ring (bicyclic) bond motifs is 1. The predicted molar refractivity (Wildman–Crippen MR) is 94.9 cm³/mol. The molecule has 1 heterocycles. The Morgan fingerprint density at radius 2 is 2.18 bits per heavy atom. The van der Waals surface area contributed by atoms with E-state index < -0.39 is 0 Å². The molecule has 1 unspecified atom stereocenters. The van der Waals surface area contributed by atoms with Crippen molar-refractivity contribution in [1.82, 2.24) is 0 Å². The van der Waals surface area contributed by atoms with Crippen LogP contribution >= 0.6 is 11.3 Å². The number of nitrogens with zero attached hydrogens (tertiary/aromatic N) is 1. The number of aliphatic hydroxyl groups is 1. The lowest BCUT2D eigenvalue weighted by molar-refractivity contribution is 0.156. The van der Waals surface area contributed by atoms with Crippen LogP contribution in [0.3, 0.4) is 0 Å². The molecule has 0 fully saturated rings. The van der Waals surface area contributed by atoms with Crippen LogP contribution in [0.15, 0.2) is 35.7 Å². The highest BCUT2D eigenvalue weighted by Crippen LogP contribution is 2.32. The highest BCUT2D eigenvalue weighted by molar-refractivity contribution is 7.09. The molecule has 2 nitrogen and oxygen atoms in total. The van der Waals surface area contributed by atoms with Crippen molar-refractivity contribution >= 4 is 17.0 Å². The molecule has 3 rings (SSSR count). The van der Waals surface area contributed by atoms with Crippen molar-refractivity contribution < 1.29 is 5.11 Å². The molecule has 1 N–H and O–H groups in total. The quantitative estimate of drug-likeness (QED) is 0.843. The number of hydrogen-bond acceptors (Lipinski definition) is 3. The summed E-state index contributed by atoms with van der Waals surface area (Å²) in [5.41, 5.74) is 3.80. The smallest absolute Gasteiger partial charge is 0.0792 e. The highest BCUT2D eigenvalue weighted by atomic mass is 32.1. The van der Waals surface area contributed by atoms with Gasteiger partial charge in [-0.15, -0.1) is 11.3 Å². The summed E-state index contributed by atoms with van der Waals surface area (Å²) in [6.07, 6.45) is 5.11. The minimum atomic E-state index is -0.261. The van der Waals surface area contributed by atoms with Crippen LogP contribution in [0.25, 0.3) is 0 Å². The monoisotopic (exact) mass is 315 g/mol. The summed E-state index contributed by atoms with van der Waals surface area (Å²) in [6, 6.07) is 11.0. The van der Waals surface area contributed by atoms with Gasteiger partial charge in [0.05, 0.1) is 6.10 Å². The van der Waals surface area contributed by atoms with Crippen molar-refractivity contribution in [1.29, 1.82) is 0 Å². The van der Waals surface area contributed by atoms with E-state index in [2.05, 4.69) is 47.5 Å². The molecule has 3 heteroatoms. The van der Waals surface area contributed by atoms with Gasteiger partial charge in [-0.05, 0) is 66.8 Å². The van der Waals surface area contributed by atoms with Crippen molar-refractivity contribution in [2.75, 3.05) is 18.0 Å². The van der Waals surface area contributed by atoms with E-state index >= 15 is 0 Å². The Morgan fingerprint density at radius 1 is 1.27 bits per heavy atom. The Morgan fingerprint density at radius 3 is 2.95 bits per heavy atom. The Bertz CT molecular complexity index is 593. The van der Waals surface area contributed by atoms with Crippen LogP contribution < -0.4 is 4.90 Å². The van der Waals surface area contributed by atoms with Gasteiger partial charge in [-0.3, -0.25) is 0 Å². The maximum atomic E-state index is 10.1. The molecule has 0 bridgehead atoms. The van der Waals surface area contributed by atoms with E-state index in [1.165, 1.54) is 16.1 Å². The van der Waals surface area contributed by atoms with Gasteiger partial charge in [-0.1, -0.05) is 19.1 Å². The second kappa shape index (κ2) is 7.30. The lowest BCUT2D eigenvalue weighted by Gasteiger charge is -2.28. The van der Waals surface area contributed by atoms with Crippen LogP contribution in [0.1, 0.15) is 48.3 Å². The molecule has 0 saturated heterocycles. The first-order chi connectivity index (χ1) is 10.8. The standard InChI is InChI=1S/C19H25NOS/c1-2-11-20(12-10-17-6-4-13-22-17)16-8-9-18-15(14-16)5-3-7-19(18)21/h4,6,8-9,13-14,19,21H,2-3,5,7,10-12H2,1H3. The number of aryl methyl sites for hydroxylation is 1. The lowest BCUT2D eigenvalue weighted by atomic mass is 9.89. The van der Waals surface area contributed by atoms with Gasteiger partial charge in [0.15, 0.2) is 0 Å².